The van der Waals surface area contributed by atoms with Crippen molar-refractivity contribution in [2.75, 3.05) is 5.32 Å². The van der Waals surface area contributed by atoms with E-state index >= 15 is 0 Å². The minimum atomic E-state index is -4.79. The number of carbonyl (C=O) groups is 2. The molecule has 0 radical (unpaired) electrons. The van der Waals surface area contributed by atoms with Crippen molar-refractivity contribution in [1.29, 1.82) is 0 Å². The number of primary amides is 1. The van der Waals surface area contributed by atoms with Crippen molar-refractivity contribution in [2.45, 2.75) is 26.4 Å². The minimum Gasteiger partial charge on any atom is -0.365 e. The molecule has 5 aromatic rings. The number of amides is 2. The number of rotatable bonds is 5. The number of fused-ring (bicyclic) bond motifs is 2. The predicted octanol–water partition coefficient (Wildman–Crippen LogP) is 5.93. The average Bonchev–Trinajstić information content (AvgIpc) is 3.44. The second-order valence-electron chi connectivity index (χ2n) is 8.64. The molecular weight excluding hydrogens is 543 g/mol. The van der Waals surface area contributed by atoms with E-state index in [9.17, 15) is 31.5 Å². The van der Waals surface area contributed by atoms with Gasteiger partial charge in [0.2, 0.25) is 0 Å². The molecule has 8 nitrogen and oxygen atoms in total. The van der Waals surface area contributed by atoms with Crippen LogP contribution in [0.25, 0.3) is 27.0 Å². The number of nitrogens with two attached hydrogens (primary N) is 1. The number of nitrogens with zero attached hydrogens (tertiary/aromatic N) is 4. The highest BCUT2D eigenvalue weighted by Gasteiger charge is 2.35. The molecule has 0 aliphatic heterocycles. The molecule has 2 amide bonds. The third-order valence-corrected chi connectivity index (χ3v) is 6.97. The fourth-order valence-corrected chi connectivity index (χ4v) is 5.11. The highest BCUT2D eigenvalue weighted by atomic mass is 32.1. The van der Waals surface area contributed by atoms with Gasteiger partial charge in [-0.3, -0.25) is 9.59 Å². The first-order valence-corrected chi connectivity index (χ1v) is 12.0. The second-order valence-corrected chi connectivity index (χ2v) is 9.64. The maximum Gasteiger partial charge on any atom is 0.433 e. The maximum atomic E-state index is 13.7. The number of hydrogen-bond donors (Lipinski definition) is 2. The third kappa shape index (κ3) is 4.67. The highest BCUT2D eigenvalue weighted by Crippen LogP contribution is 2.44. The molecule has 0 fully saturated rings. The van der Waals surface area contributed by atoms with Crippen LogP contribution in [-0.4, -0.2) is 31.4 Å². The van der Waals surface area contributed by atoms with Gasteiger partial charge in [0.15, 0.2) is 5.65 Å². The molecule has 14 heteroatoms. The Kier molecular flexibility index (Phi) is 6.29. The Morgan fingerprint density at radius 2 is 1.77 bits per heavy atom. The molecular formula is C25H17F5N6O2S. The molecule has 0 saturated carbocycles. The summed E-state index contributed by atoms with van der Waals surface area (Å²) in [7, 11) is 0. The Bertz CT molecular complexity index is 1780. The first kappa shape index (κ1) is 26.2. The quantitative estimate of drug-likeness (QED) is 0.259. The summed E-state index contributed by atoms with van der Waals surface area (Å²) in [5, 5.41) is 6.44. The van der Waals surface area contributed by atoms with E-state index < -0.39 is 35.8 Å². The summed E-state index contributed by atoms with van der Waals surface area (Å²) >= 11 is 0.590. The van der Waals surface area contributed by atoms with Crippen LogP contribution in [0.3, 0.4) is 0 Å². The zero-order valence-electron chi connectivity index (χ0n) is 20.1. The molecule has 4 aromatic heterocycles. The van der Waals surface area contributed by atoms with Gasteiger partial charge in [-0.1, -0.05) is 29.8 Å². The number of aryl methyl sites for hydroxylation is 2. The molecule has 39 heavy (non-hydrogen) atoms. The van der Waals surface area contributed by atoms with Gasteiger partial charge in [-0.25, -0.2) is 23.3 Å². The lowest BCUT2D eigenvalue weighted by molar-refractivity contribution is -0.140. The number of benzene rings is 1. The van der Waals surface area contributed by atoms with Gasteiger partial charge in [-0.05, 0) is 37.1 Å². The third-order valence-electron chi connectivity index (χ3n) is 5.87. The number of carbonyl (C=O) groups excluding carboxylic acids is 2. The van der Waals surface area contributed by atoms with Gasteiger partial charge >= 0.3 is 6.18 Å². The van der Waals surface area contributed by atoms with Gasteiger partial charge in [-0.2, -0.15) is 18.3 Å². The van der Waals surface area contributed by atoms with E-state index in [0.717, 1.165) is 28.4 Å². The van der Waals surface area contributed by atoms with E-state index in [-0.39, 0.29) is 43.2 Å². The van der Waals surface area contributed by atoms with Gasteiger partial charge in [0.05, 0.1) is 11.9 Å². The van der Waals surface area contributed by atoms with E-state index in [2.05, 4.69) is 20.4 Å². The van der Waals surface area contributed by atoms with E-state index in [1.165, 1.54) is 6.92 Å². The molecule has 0 aliphatic rings. The van der Waals surface area contributed by atoms with Gasteiger partial charge < -0.3 is 11.1 Å². The lowest BCUT2D eigenvalue weighted by atomic mass is 10.00. The molecule has 0 unspecified atom stereocenters. The lowest BCUT2D eigenvalue weighted by Gasteiger charge is -2.12. The van der Waals surface area contributed by atoms with Crippen molar-refractivity contribution >= 4 is 44.7 Å². The summed E-state index contributed by atoms with van der Waals surface area (Å²) in [5.74, 6) is -1.90. The minimum absolute atomic E-state index is 0.0557. The molecule has 3 N–H and O–H groups in total. The maximum absolute atomic E-state index is 13.7. The van der Waals surface area contributed by atoms with Gasteiger partial charge in [-0.15, -0.1) is 11.3 Å². The average molecular weight is 561 g/mol. The van der Waals surface area contributed by atoms with Crippen LogP contribution in [0.2, 0.25) is 0 Å². The summed E-state index contributed by atoms with van der Waals surface area (Å²) in [6, 6.07) is 8.55. The number of hydrogen-bond acceptors (Lipinski definition) is 6. The summed E-state index contributed by atoms with van der Waals surface area (Å²) < 4.78 is 69.0. The standard InChI is InChI=1S/C25H17F5N6O2S/c1-10-3-5-12(6-4-10)13-8-16(25(28,29)30)34-24-17(13)18(19(39-24)21(31)37)35-23(38)14-9-32-36-15(20(26)27)7-11(2)33-22(14)36/h3-9,20H,1-2H3,(H2,31,37)(H,35,38). The van der Waals surface area contributed by atoms with Crippen LogP contribution in [0.5, 0.6) is 0 Å². The SMILES string of the molecule is Cc1ccc(-c2cc(C(F)(F)F)nc3sc(C(N)=O)c(NC(=O)c4cnn5c(C(F)F)cc(C)nc45)c23)cc1. The Morgan fingerprint density at radius 3 is 2.38 bits per heavy atom. The van der Waals surface area contributed by atoms with E-state index in [0.29, 0.717) is 16.9 Å². The Labute approximate surface area is 220 Å². The van der Waals surface area contributed by atoms with Crippen LogP contribution in [0.15, 0.2) is 42.6 Å². The molecule has 0 saturated heterocycles. The number of aromatic nitrogens is 4. The zero-order chi connectivity index (χ0) is 28.2. The molecule has 0 aliphatic carbocycles. The highest BCUT2D eigenvalue weighted by molar-refractivity contribution is 7.21. The van der Waals surface area contributed by atoms with Crippen molar-refractivity contribution in [3.8, 4) is 11.1 Å². The predicted molar refractivity (Wildman–Crippen MR) is 134 cm³/mol. The van der Waals surface area contributed by atoms with E-state index in [1.807, 2.05) is 0 Å². The van der Waals surface area contributed by atoms with Crippen molar-refractivity contribution < 1.29 is 31.5 Å². The Balaban J connectivity index is 1.72. The molecule has 0 atom stereocenters. The zero-order valence-corrected chi connectivity index (χ0v) is 20.9. The van der Waals surface area contributed by atoms with Crippen molar-refractivity contribution in [2.24, 2.45) is 5.73 Å². The number of alkyl halides is 5. The van der Waals surface area contributed by atoms with Crippen LogP contribution < -0.4 is 11.1 Å². The van der Waals surface area contributed by atoms with Gasteiger partial charge in [0, 0.05) is 11.1 Å². The molecule has 5 rings (SSSR count). The fourth-order valence-electron chi connectivity index (χ4n) is 4.11. The summed E-state index contributed by atoms with van der Waals surface area (Å²) in [6.07, 6.45) is -6.67. The van der Waals surface area contributed by atoms with Crippen LogP contribution >= 0.6 is 11.3 Å². The Hall–Kier alpha value is -4.46. The number of pyridine rings is 1. The summed E-state index contributed by atoms with van der Waals surface area (Å²) in [4.78, 5) is 33.1. The Morgan fingerprint density at radius 1 is 1.08 bits per heavy atom. The topological polar surface area (TPSA) is 115 Å². The smallest absolute Gasteiger partial charge is 0.365 e. The largest absolute Gasteiger partial charge is 0.433 e. The van der Waals surface area contributed by atoms with Crippen molar-refractivity contribution in [3.05, 3.63) is 75.7 Å². The fraction of sp³-hybridized carbons (Fsp3) is 0.160. The lowest BCUT2D eigenvalue weighted by Crippen LogP contribution is -2.17. The molecule has 200 valence electrons. The van der Waals surface area contributed by atoms with Crippen LogP contribution in [-0.2, 0) is 6.18 Å². The van der Waals surface area contributed by atoms with Crippen molar-refractivity contribution in [1.82, 2.24) is 19.6 Å². The van der Waals surface area contributed by atoms with Gasteiger partial charge in [0.25, 0.3) is 18.2 Å². The molecule has 0 bridgehead atoms. The number of anilines is 1. The first-order chi connectivity index (χ1) is 18.3. The van der Waals surface area contributed by atoms with Gasteiger partial charge in [0.1, 0.15) is 26.7 Å². The molecule has 1 aromatic carbocycles. The number of halogens is 5. The van der Waals surface area contributed by atoms with Crippen LogP contribution in [0, 0.1) is 13.8 Å². The summed E-state index contributed by atoms with van der Waals surface area (Å²) in [5.41, 5.74) is 4.81. The van der Waals surface area contributed by atoms with Crippen LogP contribution in [0.4, 0.5) is 27.6 Å². The summed E-state index contributed by atoms with van der Waals surface area (Å²) in [6.45, 7) is 3.27. The normalized spacial score (nSPS) is 12.0. The van der Waals surface area contributed by atoms with Crippen LogP contribution in [0.1, 0.15) is 49.1 Å². The molecule has 4 heterocycles. The molecule has 0 spiro atoms. The van der Waals surface area contributed by atoms with Crippen molar-refractivity contribution in [3.63, 3.8) is 0 Å². The number of nitrogens with one attached hydrogen (secondary N) is 1. The number of thiophene rings is 1. The monoisotopic (exact) mass is 560 g/mol. The van der Waals surface area contributed by atoms with E-state index in [4.69, 9.17) is 5.73 Å². The first-order valence-electron chi connectivity index (χ1n) is 11.2. The van der Waals surface area contributed by atoms with E-state index in [1.54, 1.807) is 31.2 Å². The second kappa shape index (κ2) is 9.38.